The van der Waals surface area contributed by atoms with Gasteiger partial charge >= 0.3 is 5.69 Å². The molecule has 0 bridgehead atoms. The molecule has 0 spiro atoms. The van der Waals surface area contributed by atoms with Crippen LogP contribution in [0.3, 0.4) is 0 Å². The van der Waals surface area contributed by atoms with E-state index in [1.807, 2.05) is 6.92 Å². The number of rotatable bonds is 6. The average molecular weight is 268 g/mol. The summed E-state index contributed by atoms with van der Waals surface area (Å²) in [5.41, 5.74) is -0.835. The molecule has 0 aliphatic rings. The summed E-state index contributed by atoms with van der Waals surface area (Å²) in [5, 5.41) is 26.6. The molecule has 0 fully saturated rings. The van der Waals surface area contributed by atoms with Crippen LogP contribution in [0.25, 0.3) is 0 Å². The highest BCUT2D eigenvalue weighted by Gasteiger charge is 2.28. The van der Waals surface area contributed by atoms with Crippen LogP contribution in [0.15, 0.2) is 12.1 Å². The van der Waals surface area contributed by atoms with Crippen LogP contribution >= 0.6 is 0 Å². The molecular formula is C12H20N4O3. The minimum absolute atomic E-state index is 0.115. The summed E-state index contributed by atoms with van der Waals surface area (Å²) in [6.45, 7) is 7.71. The number of anilines is 2. The smallest absolute Gasteiger partial charge is 0.311 e. The number of aliphatic hydroxyl groups excluding tert-OH is 1. The SMILES string of the molecule is CCNc1ccc([N+](=O)[O-])c(NC(C)(C)C(C)O)n1. The van der Waals surface area contributed by atoms with E-state index in [9.17, 15) is 15.2 Å². The van der Waals surface area contributed by atoms with Gasteiger partial charge in [-0.05, 0) is 33.8 Å². The zero-order valence-electron chi connectivity index (χ0n) is 11.6. The van der Waals surface area contributed by atoms with E-state index in [1.165, 1.54) is 6.07 Å². The van der Waals surface area contributed by atoms with Crippen molar-refractivity contribution >= 4 is 17.3 Å². The van der Waals surface area contributed by atoms with Gasteiger partial charge in [-0.15, -0.1) is 0 Å². The third-order valence-electron chi connectivity index (χ3n) is 2.91. The van der Waals surface area contributed by atoms with Crippen molar-refractivity contribution in [2.24, 2.45) is 0 Å². The lowest BCUT2D eigenvalue weighted by molar-refractivity contribution is -0.384. The first-order valence-corrected chi connectivity index (χ1v) is 6.13. The van der Waals surface area contributed by atoms with E-state index in [0.29, 0.717) is 12.4 Å². The zero-order chi connectivity index (χ0) is 14.6. The standard InChI is InChI=1S/C12H20N4O3/c1-5-13-10-7-6-9(16(18)19)11(14-10)15-12(3,4)8(2)17/h6-8,17H,5H2,1-4H3,(H2,13,14,15). The summed E-state index contributed by atoms with van der Waals surface area (Å²) in [4.78, 5) is 14.7. The van der Waals surface area contributed by atoms with Gasteiger partial charge in [-0.3, -0.25) is 10.1 Å². The van der Waals surface area contributed by atoms with Crippen LogP contribution in [0.5, 0.6) is 0 Å². The second-order valence-electron chi connectivity index (χ2n) is 4.87. The molecule has 0 aliphatic carbocycles. The fourth-order valence-electron chi connectivity index (χ4n) is 1.38. The van der Waals surface area contributed by atoms with E-state index >= 15 is 0 Å². The molecule has 0 aliphatic heterocycles. The number of hydrogen-bond acceptors (Lipinski definition) is 6. The Morgan fingerprint density at radius 1 is 1.53 bits per heavy atom. The summed E-state index contributed by atoms with van der Waals surface area (Å²) in [6, 6.07) is 2.95. The second kappa shape index (κ2) is 5.83. The average Bonchev–Trinajstić information content (AvgIpc) is 2.28. The molecule has 106 valence electrons. The molecule has 1 unspecified atom stereocenters. The molecule has 3 N–H and O–H groups in total. The lowest BCUT2D eigenvalue weighted by Gasteiger charge is -2.29. The Morgan fingerprint density at radius 3 is 2.63 bits per heavy atom. The molecular weight excluding hydrogens is 248 g/mol. The number of nitro groups is 1. The number of aromatic nitrogens is 1. The van der Waals surface area contributed by atoms with Crippen molar-refractivity contribution in [3.8, 4) is 0 Å². The number of aliphatic hydroxyl groups is 1. The van der Waals surface area contributed by atoms with Gasteiger partial charge < -0.3 is 15.7 Å². The van der Waals surface area contributed by atoms with Gasteiger partial charge in [-0.25, -0.2) is 4.98 Å². The maximum atomic E-state index is 11.0. The third kappa shape index (κ3) is 3.78. The van der Waals surface area contributed by atoms with Crippen LogP contribution in [-0.4, -0.2) is 33.2 Å². The third-order valence-corrected chi connectivity index (χ3v) is 2.91. The predicted octanol–water partition coefficient (Wildman–Crippen LogP) is 1.99. The highest BCUT2D eigenvalue weighted by atomic mass is 16.6. The number of pyridine rings is 1. The second-order valence-corrected chi connectivity index (χ2v) is 4.87. The molecule has 0 saturated heterocycles. The first-order valence-electron chi connectivity index (χ1n) is 6.13. The van der Waals surface area contributed by atoms with Gasteiger partial charge in [-0.2, -0.15) is 0 Å². The van der Waals surface area contributed by atoms with Gasteiger partial charge in [0.25, 0.3) is 0 Å². The fraction of sp³-hybridized carbons (Fsp3) is 0.583. The van der Waals surface area contributed by atoms with E-state index in [4.69, 9.17) is 0 Å². The van der Waals surface area contributed by atoms with Gasteiger partial charge in [0.2, 0.25) is 5.82 Å². The lowest BCUT2D eigenvalue weighted by Crippen LogP contribution is -2.42. The van der Waals surface area contributed by atoms with Gasteiger partial charge in [0.05, 0.1) is 16.6 Å². The van der Waals surface area contributed by atoms with E-state index in [0.717, 1.165) is 0 Å². The molecule has 19 heavy (non-hydrogen) atoms. The summed E-state index contributed by atoms with van der Waals surface area (Å²) in [6.07, 6.45) is -0.684. The van der Waals surface area contributed by atoms with Crippen LogP contribution < -0.4 is 10.6 Å². The maximum Gasteiger partial charge on any atom is 0.311 e. The number of nitrogens with one attached hydrogen (secondary N) is 2. The first-order chi connectivity index (χ1) is 8.77. The maximum absolute atomic E-state index is 11.0. The minimum Gasteiger partial charge on any atom is -0.391 e. The van der Waals surface area contributed by atoms with Crippen LogP contribution in [0.4, 0.5) is 17.3 Å². The van der Waals surface area contributed by atoms with Gasteiger partial charge in [-0.1, -0.05) is 0 Å². The quantitative estimate of drug-likeness (QED) is 0.539. The molecule has 1 atom stereocenters. The zero-order valence-corrected chi connectivity index (χ0v) is 11.6. The van der Waals surface area contributed by atoms with Crippen molar-refractivity contribution < 1.29 is 10.0 Å². The molecule has 1 heterocycles. The predicted molar refractivity (Wildman–Crippen MR) is 74.4 cm³/mol. The fourth-order valence-corrected chi connectivity index (χ4v) is 1.38. The van der Waals surface area contributed by atoms with Crippen LogP contribution in [0.2, 0.25) is 0 Å². The van der Waals surface area contributed by atoms with Crippen molar-refractivity contribution in [3.05, 3.63) is 22.2 Å². The Morgan fingerprint density at radius 2 is 2.16 bits per heavy atom. The van der Waals surface area contributed by atoms with E-state index in [2.05, 4.69) is 15.6 Å². The molecule has 0 radical (unpaired) electrons. The summed E-state index contributed by atoms with van der Waals surface area (Å²) < 4.78 is 0. The normalized spacial score (nSPS) is 12.9. The molecule has 7 heteroatoms. The van der Waals surface area contributed by atoms with E-state index in [-0.39, 0.29) is 11.5 Å². The lowest BCUT2D eigenvalue weighted by atomic mass is 9.99. The highest BCUT2D eigenvalue weighted by Crippen LogP contribution is 2.27. The van der Waals surface area contributed by atoms with Crippen molar-refractivity contribution in [1.29, 1.82) is 0 Å². The molecule has 1 aromatic heterocycles. The molecule has 1 aromatic rings. The highest BCUT2D eigenvalue weighted by molar-refractivity contribution is 5.61. The van der Waals surface area contributed by atoms with E-state index in [1.54, 1.807) is 26.8 Å². The van der Waals surface area contributed by atoms with Crippen molar-refractivity contribution in [1.82, 2.24) is 4.98 Å². The van der Waals surface area contributed by atoms with E-state index < -0.39 is 16.6 Å². The molecule has 0 amide bonds. The summed E-state index contributed by atoms with van der Waals surface area (Å²) >= 11 is 0. The summed E-state index contributed by atoms with van der Waals surface area (Å²) in [5.74, 6) is 0.700. The monoisotopic (exact) mass is 268 g/mol. The van der Waals surface area contributed by atoms with Gasteiger partial charge in [0.1, 0.15) is 5.82 Å². The van der Waals surface area contributed by atoms with Gasteiger partial charge in [0.15, 0.2) is 0 Å². The molecule has 7 nitrogen and oxygen atoms in total. The Hall–Kier alpha value is -1.89. The Balaban J connectivity index is 3.14. The van der Waals surface area contributed by atoms with Crippen molar-refractivity contribution in [2.45, 2.75) is 39.3 Å². The van der Waals surface area contributed by atoms with Gasteiger partial charge in [0, 0.05) is 12.6 Å². The molecule has 0 saturated carbocycles. The Kier molecular flexibility index (Phi) is 4.66. The number of nitrogens with zero attached hydrogens (tertiary/aromatic N) is 2. The molecule has 1 rings (SSSR count). The largest absolute Gasteiger partial charge is 0.391 e. The summed E-state index contributed by atoms with van der Waals surface area (Å²) in [7, 11) is 0. The Bertz CT molecular complexity index is 460. The van der Waals surface area contributed by atoms with Crippen LogP contribution in [0, 0.1) is 10.1 Å². The van der Waals surface area contributed by atoms with Crippen molar-refractivity contribution in [3.63, 3.8) is 0 Å². The molecule has 0 aromatic carbocycles. The number of hydrogen-bond donors (Lipinski definition) is 3. The van der Waals surface area contributed by atoms with Crippen LogP contribution in [-0.2, 0) is 0 Å². The topological polar surface area (TPSA) is 100 Å². The first kappa shape index (κ1) is 15.2. The van der Waals surface area contributed by atoms with Crippen LogP contribution in [0.1, 0.15) is 27.7 Å². The minimum atomic E-state index is -0.720. The Labute approximate surface area is 112 Å². The van der Waals surface area contributed by atoms with Crippen molar-refractivity contribution in [2.75, 3.05) is 17.2 Å².